The molecule has 1 aromatic rings. The highest BCUT2D eigenvalue weighted by Gasteiger charge is 2.21. The number of hydrogen-bond acceptors (Lipinski definition) is 4. The normalized spacial score (nSPS) is 19.2. The highest BCUT2D eigenvalue weighted by Crippen LogP contribution is 2.27. The molecule has 1 heterocycles. The van der Waals surface area contributed by atoms with Crippen LogP contribution in [0.15, 0.2) is 18.2 Å². The lowest BCUT2D eigenvalue weighted by Crippen LogP contribution is -2.40. The van der Waals surface area contributed by atoms with Gasteiger partial charge in [0.2, 0.25) is 0 Å². The molecule has 1 N–H and O–H groups in total. The van der Waals surface area contributed by atoms with Crippen LogP contribution in [0.1, 0.15) is 25.0 Å². The maximum atomic E-state index is 9.38. The Morgan fingerprint density at radius 2 is 2.37 bits per heavy atom. The van der Waals surface area contributed by atoms with E-state index < -0.39 is 0 Å². The van der Waals surface area contributed by atoms with Crippen molar-refractivity contribution in [3.8, 4) is 6.07 Å². The zero-order valence-corrected chi connectivity index (χ0v) is 12.5. The van der Waals surface area contributed by atoms with Gasteiger partial charge in [-0.3, -0.25) is 0 Å². The lowest BCUT2D eigenvalue weighted by Gasteiger charge is -2.35. The molecule has 4 heteroatoms. The van der Waals surface area contributed by atoms with E-state index in [1.54, 1.807) is 0 Å². The number of anilines is 1. The second-order valence-corrected chi connectivity index (χ2v) is 6.01. The van der Waals surface area contributed by atoms with Gasteiger partial charge in [0.05, 0.1) is 11.3 Å². The van der Waals surface area contributed by atoms with Gasteiger partial charge in [-0.2, -0.15) is 17.0 Å². The maximum absolute atomic E-state index is 9.38. The lowest BCUT2D eigenvalue weighted by atomic mass is 10.1. The summed E-state index contributed by atoms with van der Waals surface area (Å²) in [4.78, 5) is 2.37. The van der Waals surface area contributed by atoms with Crippen LogP contribution in [0.5, 0.6) is 0 Å². The third-order valence-corrected chi connectivity index (χ3v) is 4.63. The maximum Gasteiger partial charge on any atom is 0.101 e. The second-order valence-electron chi connectivity index (χ2n) is 4.86. The Labute approximate surface area is 120 Å². The van der Waals surface area contributed by atoms with Crippen LogP contribution >= 0.6 is 11.8 Å². The quantitative estimate of drug-likeness (QED) is 0.917. The third-order valence-electron chi connectivity index (χ3n) is 3.44. The summed E-state index contributed by atoms with van der Waals surface area (Å²) in [5, 5.41) is 12.7. The summed E-state index contributed by atoms with van der Waals surface area (Å²) in [5.41, 5.74) is 3.07. The fourth-order valence-corrected chi connectivity index (χ4v) is 3.40. The summed E-state index contributed by atoms with van der Waals surface area (Å²) in [6, 6.07) is 9.12. The van der Waals surface area contributed by atoms with Crippen molar-refractivity contribution in [1.29, 1.82) is 5.26 Å². The van der Waals surface area contributed by atoms with Gasteiger partial charge < -0.3 is 10.2 Å². The summed E-state index contributed by atoms with van der Waals surface area (Å²) < 4.78 is 0. The summed E-state index contributed by atoms with van der Waals surface area (Å²) in [6.07, 6.45) is 0. The topological polar surface area (TPSA) is 39.1 Å². The molecule has 3 nitrogen and oxygen atoms in total. The van der Waals surface area contributed by atoms with Crippen LogP contribution in [0.4, 0.5) is 5.69 Å². The molecule has 1 aliphatic heterocycles. The van der Waals surface area contributed by atoms with Crippen LogP contribution in [0.2, 0.25) is 0 Å². The number of hydrogen-bond donors (Lipinski definition) is 1. The van der Waals surface area contributed by atoms with Crippen LogP contribution in [0.25, 0.3) is 0 Å². The molecule has 1 unspecified atom stereocenters. The van der Waals surface area contributed by atoms with Crippen LogP contribution in [0.3, 0.4) is 0 Å². The van der Waals surface area contributed by atoms with E-state index in [4.69, 9.17) is 0 Å². The molecule has 1 fully saturated rings. The first-order valence-electron chi connectivity index (χ1n) is 6.84. The van der Waals surface area contributed by atoms with Crippen molar-refractivity contribution in [3.05, 3.63) is 29.3 Å². The third kappa shape index (κ3) is 3.43. The van der Waals surface area contributed by atoms with Gasteiger partial charge in [-0.15, -0.1) is 0 Å². The molecule has 0 amide bonds. The Balaban J connectivity index is 2.23. The molecule has 1 atom stereocenters. The van der Waals surface area contributed by atoms with Crippen LogP contribution in [-0.4, -0.2) is 30.6 Å². The predicted octanol–water partition coefficient (Wildman–Crippen LogP) is 2.61. The van der Waals surface area contributed by atoms with Crippen molar-refractivity contribution in [3.63, 3.8) is 0 Å². The Kier molecular flexibility index (Phi) is 5.12. The number of nitriles is 1. The summed E-state index contributed by atoms with van der Waals surface area (Å²) in [6.45, 7) is 7.14. The Morgan fingerprint density at radius 3 is 3.05 bits per heavy atom. The zero-order valence-electron chi connectivity index (χ0n) is 11.6. The van der Waals surface area contributed by atoms with Gasteiger partial charge in [-0.1, -0.05) is 13.0 Å². The first-order chi connectivity index (χ1) is 9.26. The van der Waals surface area contributed by atoms with E-state index in [-0.39, 0.29) is 0 Å². The minimum Gasteiger partial charge on any atom is -0.366 e. The fourth-order valence-electron chi connectivity index (χ4n) is 2.39. The van der Waals surface area contributed by atoms with Crippen molar-refractivity contribution < 1.29 is 0 Å². The fraction of sp³-hybridized carbons (Fsp3) is 0.533. The minimum atomic E-state index is 0.505. The van der Waals surface area contributed by atoms with Crippen LogP contribution in [-0.2, 0) is 6.54 Å². The standard InChI is InChI=1S/C15H21N3S/c1-3-17-10-13-4-5-15(14(8-13)9-16)18-6-7-19-11-12(18)2/h4-5,8,12,17H,3,6-7,10-11H2,1-2H3. The van der Waals surface area contributed by atoms with E-state index in [2.05, 4.69) is 42.3 Å². The molecule has 102 valence electrons. The van der Waals surface area contributed by atoms with E-state index in [1.807, 2.05) is 17.8 Å². The summed E-state index contributed by atoms with van der Waals surface area (Å²) >= 11 is 1.99. The number of nitrogens with zero attached hydrogens (tertiary/aromatic N) is 2. The SMILES string of the molecule is CCNCc1ccc(N2CCSCC2C)c(C#N)c1. The molecule has 1 saturated heterocycles. The molecule has 0 aromatic heterocycles. The molecule has 0 aliphatic carbocycles. The Hall–Kier alpha value is -1.18. The molecule has 0 bridgehead atoms. The highest BCUT2D eigenvalue weighted by atomic mass is 32.2. The van der Waals surface area contributed by atoms with Gasteiger partial charge in [0, 0.05) is 30.6 Å². The molecular formula is C15H21N3S. The Morgan fingerprint density at radius 1 is 1.53 bits per heavy atom. The monoisotopic (exact) mass is 275 g/mol. The van der Waals surface area contributed by atoms with Gasteiger partial charge in [0.25, 0.3) is 0 Å². The summed E-state index contributed by atoms with van der Waals surface area (Å²) in [5.74, 6) is 2.29. The molecule has 0 radical (unpaired) electrons. The zero-order chi connectivity index (χ0) is 13.7. The first kappa shape index (κ1) is 14.2. The van der Waals surface area contributed by atoms with Crippen molar-refractivity contribution in [2.75, 3.05) is 29.5 Å². The smallest absolute Gasteiger partial charge is 0.101 e. The van der Waals surface area contributed by atoms with Gasteiger partial charge >= 0.3 is 0 Å². The molecular weight excluding hydrogens is 254 g/mol. The Bertz CT molecular complexity index is 467. The van der Waals surface area contributed by atoms with Gasteiger partial charge in [-0.05, 0) is 31.2 Å². The van der Waals surface area contributed by atoms with E-state index in [9.17, 15) is 5.26 Å². The van der Waals surface area contributed by atoms with E-state index >= 15 is 0 Å². The van der Waals surface area contributed by atoms with Crippen molar-refractivity contribution in [2.45, 2.75) is 26.4 Å². The van der Waals surface area contributed by atoms with Crippen molar-refractivity contribution >= 4 is 17.4 Å². The second kappa shape index (κ2) is 6.83. The van der Waals surface area contributed by atoms with Crippen LogP contribution < -0.4 is 10.2 Å². The van der Waals surface area contributed by atoms with Crippen LogP contribution in [0, 0.1) is 11.3 Å². The van der Waals surface area contributed by atoms with Gasteiger partial charge in [0.1, 0.15) is 6.07 Å². The lowest BCUT2D eigenvalue weighted by molar-refractivity contribution is 0.697. The first-order valence-corrected chi connectivity index (χ1v) is 8.00. The number of thioether (sulfide) groups is 1. The number of nitrogens with one attached hydrogen (secondary N) is 1. The predicted molar refractivity (Wildman–Crippen MR) is 82.7 cm³/mol. The summed E-state index contributed by atoms with van der Waals surface area (Å²) in [7, 11) is 0. The van der Waals surface area contributed by atoms with Crippen molar-refractivity contribution in [1.82, 2.24) is 5.32 Å². The highest BCUT2D eigenvalue weighted by molar-refractivity contribution is 7.99. The molecule has 1 aromatic carbocycles. The number of benzene rings is 1. The number of rotatable bonds is 4. The molecule has 1 aliphatic rings. The van der Waals surface area contributed by atoms with E-state index in [0.717, 1.165) is 42.4 Å². The molecule has 2 rings (SSSR count). The minimum absolute atomic E-state index is 0.505. The average molecular weight is 275 g/mol. The molecule has 19 heavy (non-hydrogen) atoms. The van der Waals surface area contributed by atoms with E-state index in [1.165, 1.54) is 5.56 Å². The average Bonchev–Trinajstić information content (AvgIpc) is 2.45. The largest absolute Gasteiger partial charge is 0.366 e. The van der Waals surface area contributed by atoms with Gasteiger partial charge in [-0.25, -0.2) is 0 Å². The van der Waals surface area contributed by atoms with E-state index in [0.29, 0.717) is 6.04 Å². The van der Waals surface area contributed by atoms with Crippen molar-refractivity contribution in [2.24, 2.45) is 0 Å². The molecule has 0 saturated carbocycles. The molecule has 0 spiro atoms. The van der Waals surface area contributed by atoms with Gasteiger partial charge in [0.15, 0.2) is 0 Å².